The molecular formula is C13H12FN3O3. The quantitative estimate of drug-likeness (QED) is 0.723. The number of halogens is 1. The molecule has 1 saturated heterocycles. The molecule has 2 amide bonds. The Balaban J connectivity index is 2.04. The van der Waals surface area contributed by atoms with E-state index in [9.17, 15) is 18.8 Å². The number of carbonyl (C=O) groups is 3. The van der Waals surface area contributed by atoms with Gasteiger partial charge in [-0.3, -0.25) is 14.4 Å². The summed E-state index contributed by atoms with van der Waals surface area (Å²) in [5.41, 5.74) is 0.529. The van der Waals surface area contributed by atoms with Crippen LogP contribution in [0.15, 0.2) is 12.1 Å². The molecule has 20 heavy (non-hydrogen) atoms. The minimum atomic E-state index is -0.763. The Bertz CT molecular complexity index is 644. The van der Waals surface area contributed by atoms with Gasteiger partial charge in [-0.2, -0.15) is 0 Å². The van der Waals surface area contributed by atoms with Gasteiger partial charge in [0.1, 0.15) is 11.9 Å². The van der Waals surface area contributed by atoms with Crippen LogP contribution in [-0.2, 0) is 9.59 Å². The SMILES string of the molecule is CC1C(=O)NCCN1c1cc2c(cc1F)C(=O)C(=O)N2. The van der Waals surface area contributed by atoms with Crippen molar-refractivity contribution < 1.29 is 18.8 Å². The largest absolute Gasteiger partial charge is 0.356 e. The van der Waals surface area contributed by atoms with E-state index < -0.39 is 23.5 Å². The molecule has 2 heterocycles. The van der Waals surface area contributed by atoms with Gasteiger partial charge in [0.25, 0.3) is 11.7 Å². The van der Waals surface area contributed by atoms with Crippen molar-refractivity contribution >= 4 is 29.0 Å². The summed E-state index contributed by atoms with van der Waals surface area (Å²) >= 11 is 0. The summed E-state index contributed by atoms with van der Waals surface area (Å²) in [5, 5.41) is 5.09. The molecule has 6 nitrogen and oxygen atoms in total. The number of benzene rings is 1. The van der Waals surface area contributed by atoms with Crippen LogP contribution in [0.3, 0.4) is 0 Å². The standard InChI is InChI=1S/C13H12FN3O3/c1-6-12(19)15-2-3-17(6)10-5-9-7(4-8(10)14)11(18)13(20)16-9/h4-6H,2-3H2,1H3,(H,15,19)(H,16,18,20). The van der Waals surface area contributed by atoms with Crippen LogP contribution >= 0.6 is 0 Å². The van der Waals surface area contributed by atoms with E-state index in [0.717, 1.165) is 6.07 Å². The number of ketones is 1. The van der Waals surface area contributed by atoms with Gasteiger partial charge in [0.2, 0.25) is 5.91 Å². The number of rotatable bonds is 1. The molecule has 0 aromatic heterocycles. The van der Waals surface area contributed by atoms with E-state index in [1.165, 1.54) is 6.07 Å². The Morgan fingerprint density at radius 3 is 2.80 bits per heavy atom. The second-order valence-electron chi connectivity index (χ2n) is 4.79. The molecular weight excluding hydrogens is 265 g/mol. The van der Waals surface area contributed by atoms with Crippen LogP contribution in [0.4, 0.5) is 15.8 Å². The van der Waals surface area contributed by atoms with E-state index in [0.29, 0.717) is 13.1 Å². The molecule has 1 atom stereocenters. The molecule has 3 rings (SSSR count). The third-order valence-electron chi connectivity index (χ3n) is 3.59. The maximum atomic E-state index is 14.2. The van der Waals surface area contributed by atoms with Crippen LogP contribution in [0.1, 0.15) is 17.3 Å². The van der Waals surface area contributed by atoms with Crippen molar-refractivity contribution in [1.29, 1.82) is 0 Å². The monoisotopic (exact) mass is 277 g/mol. The molecule has 1 aromatic rings. The van der Waals surface area contributed by atoms with Crippen LogP contribution in [0.25, 0.3) is 0 Å². The van der Waals surface area contributed by atoms with Gasteiger partial charge < -0.3 is 15.5 Å². The van der Waals surface area contributed by atoms with Crippen LogP contribution in [0, 0.1) is 5.82 Å². The number of nitrogens with zero attached hydrogens (tertiary/aromatic N) is 1. The van der Waals surface area contributed by atoms with Gasteiger partial charge in [0.15, 0.2) is 0 Å². The molecule has 0 bridgehead atoms. The molecule has 1 unspecified atom stereocenters. The van der Waals surface area contributed by atoms with Gasteiger partial charge in [-0.25, -0.2) is 4.39 Å². The summed E-state index contributed by atoms with van der Waals surface area (Å²) in [6, 6.07) is 1.94. The fourth-order valence-electron chi connectivity index (χ4n) is 2.49. The highest BCUT2D eigenvalue weighted by Crippen LogP contribution is 2.32. The molecule has 2 aliphatic rings. The van der Waals surface area contributed by atoms with Gasteiger partial charge in [0, 0.05) is 13.1 Å². The minimum Gasteiger partial charge on any atom is -0.356 e. The summed E-state index contributed by atoms with van der Waals surface area (Å²) in [6.07, 6.45) is 0. The number of hydrogen-bond donors (Lipinski definition) is 2. The van der Waals surface area contributed by atoms with Crippen molar-refractivity contribution in [2.75, 3.05) is 23.3 Å². The Morgan fingerprint density at radius 2 is 2.05 bits per heavy atom. The highest BCUT2D eigenvalue weighted by molar-refractivity contribution is 6.51. The molecule has 0 saturated carbocycles. The number of amides is 2. The van der Waals surface area contributed by atoms with Gasteiger partial charge in [-0.05, 0) is 19.1 Å². The maximum absolute atomic E-state index is 14.2. The minimum absolute atomic E-state index is 0.0327. The zero-order valence-corrected chi connectivity index (χ0v) is 10.7. The number of piperazine rings is 1. The predicted octanol–water partition coefficient (Wildman–Crippen LogP) is 0.285. The fourth-order valence-corrected chi connectivity index (χ4v) is 2.49. The van der Waals surface area contributed by atoms with Crippen molar-refractivity contribution in [3.05, 3.63) is 23.5 Å². The third-order valence-corrected chi connectivity index (χ3v) is 3.59. The molecule has 104 valence electrons. The zero-order valence-electron chi connectivity index (χ0n) is 10.7. The highest BCUT2D eigenvalue weighted by atomic mass is 19.1. The van der Waals surface area contributed by atoms with Crippen LogP contribution in [-0.4, -0.2) is 36.7 Å². The topological polar surface area (TPSA) is 78.5 Å². The lowest BCUT2D eigenvalue weighted by molar-refractivity contribution is -0.122. The smallest absolute Gasteiger partial charge is 0.296 e. The Labute approximate surface area is 113 Å². The van der Waals surface area contributed by atoms with Crippen LogP contribution < -0.4 is 15.5 Å². The summed E-state index contributed by atoms with van der Waals surface area (Å²) < 4.78 is 14.2. The second kappa shape index (κ2) is 4.29. The molecule has 2 N–H and O–H groups in total. The van der Waals surface area contributed by atoms with Gasteiger partial charge in [-0.15, -0.1) is 0 Å². The molecule has 0 spiro atoms. The number of carbonyl (C=O) groups excluding carboxylic acids is 3. The Morgan fingerprint density at radius 1 is 1.30 bits per heavy atom. The van der Waals surface area contributed by atoms with E-state index >= 15 is 0 Å². The van der Waals surface area contributed by atoms with E-state index in [2.05, 4.69) is 10.6 Å². The third kappa shape index (κ3) is 1.74. The van der Waals surface area contributed by atoms with Crippen molar-refractivity contribution in [3.8, 4) is 0 Å². The van der Waals surface area contributed by atoms with E-state index in [4.69, 9.17) is 0 Å². The van der Waals surface area contributed by atoms with Gasteiger partial charge in [-0.1, -0.05) is 0 Å². The fraction of sp³-hybridized carbons (Fsp3) is 0.308. The number of anilines is 2. The first-order chi connectivity index (χ1) is 9.49. The summed E-state index contributed by atoms with van der Waals surface area (Å²) in [4.78, 5) is 36.0. The predicted molar refractivity (Wildman–Crippen MR) is 69.2 cm³/mol. The molecule has 1 fully saturated rings. The average molecular weight is 277 g/mol. The molecule has 0 radical (unpaired) electrons. The number of nitrogens with one attached hydrogen (secondary N) is 2. The summed E-state index contributed by atoms with van der Waals surface area (Å²) in [6.45, 7) is 2.56. The summed E-state index contributed by atoms with van der Waals surface area (Å²) in [5.74, 6) is -2.30. The second-order valence-corrected chi connectivity index (χ2v) is 4.79. The van der Waals surface area contributed by atoms with Crippen molar-refractivity contribution in [1.82, 2.24) is 5.32 Å². The molecule has 0 aliphatic carbocycles. The van der Waals surface area contributed by atoms with Crippen molar-refractivity contribution in [3.63, 3.8) is 0 Å². The average Bonchev–Trinajstić information content (AvgIpc) is 2.68. The first kappa shape index (κ1) is 12.6. The number of Topliss-reactive ketones (excluding diaryl/α,β-unsaturated/α-hetero) is 1. The van der Waals surface area contributed by atoms with Crippen LogP contribution in [0.5, 0.6) is 0 Å². The van der Waals surface area contributed by atoms with Crippen molar-refractivity contribution in [2.45, 2.75) is 13.0 Å². The number of hydrogen-bond acceptors (Lipinski definition) is 4. The molecule has 7 heteroatoms. The van der Waals surface area contributed by atoms with E-state index in [1.54, 1.807) is 11.8 Å². The highest BCUT2D eigenvalue weighted by Gasteiger charge is 2.33. The summed E-state index contributed by atoms with van der Waals surface area (Å²) in [7, 11) is 0. The van der Waals surface area contributed by atoms with Crippen molar-refractivity contribution in [2.24, 2.45) is 0 Å². The lowest BCUT2D eigenvalue weighted by Gasteiger charge is -2.35. The Hall–Kier alpha value is -2.44. The lowest BCUT2D eigenvalue weighted by Crippen LogP contribution is -2.54. The van der Waals surface area contributed by atoms with Crippen LogP contribution in [0.2, 0.25) is 0 Å². The molecule has 1 aromatic carbocycles. The maximum Gasteiger partial charge on any atom is 0.296 e. The number of fused-ring (bicyclic) bond motifs is 1. The first-order valence-electron chi connectivity index (χ1n) is 6.22. The van der Waals surface area contributed by atoms with Gasteiger partial charge >= 0.3 is 0 Å². The molecule has 2 aliphatic heterocycles. The zero-order chi connectivity index (χ0) is 14.4. The van der Waals surface area contributed by atoms with Gasteiger partial charge in [0.05, 0.1) is 16.9 Å². The van der Waals surface area contributed by atoms with E-state index in [-0.39, 0.29) is 22.8 Å². The normalized spacial score (nSPS) is 21.6. The van der Waals surface area contributed by atoms with E-state index in [1.807, 2.05) is 0 Å². The Kier molecular flexibility index (Phi) is 2.70. The lowest BCUT2D eigenvalue weighted by atomic mass is 10.1. The first-order valence-corrected chi connectivity index (χ1v) is 6.22.